The zero-order valence-corrected chi connectivity index (χ0v) is 12.4. The molecule has 1 aromatic carbocycles. The lowest BCUT2D eigenvalue weighted by molar-refractivity contribution is 0.0515. The Bertz CT molecular complexity index is 799. The van der Waals surface area contributed by atoms with Crippen LogP contribution in [0.2, 0.25) is 0 Å². The maximum absolute atomic E-state index is 14.1. The van der Waals surface area contributed by atoms with Gasteiger partial charge < -0.3 is 4.74 Å². The SMILES string of the molecule is CCOC(=O)c1nn(-c2cc(F)ccc2F)c2c1C(=O)CCC2. The molecular formula is C16H14F2N2O3. The largest absolute Gasteiger partial charge is 0.461 e. The summed E-state index contributed by atoms with van der Waals surface area (Å²) < 4.78 is 33.6. The van der Waals surface area contributed by atoms with Crippen molar-refractivity contribution < 1.29 is 23.1 Å². The van der Waals surface area contributed by atoms with Gasteiger partial charge in [-0.3, -0.25) is 4.79 Å². The topological polar surface area (TPSA) is 61.2 Å². The summed E-state index contributed by atoms with van der Waals surface area (Å²) in [4.78, 5) is 24.2. The zero-order chi connectivity index (χ0) is 16.6. The number of Topliss-reactive ketones (excluding diaryl/α,β-unsaturated/α-hetero) is 1. The number of halogens is 2. The lowest BCUT2D eigenvalue weighted by Crippen LogP contribution is -2.16. The van der Waals surface area contributed by atoms with E-state index < -0.39 is 17.6 Å². The number of esters is 1. The van der Waals surface area contributed by atoms with E-state index in [9.17, 15) is 18.4 Å². The Morgan fingerprint density at radius 3 is 2.87 bits per heavy atom. The van der Waals surface area contributed by atoms with Crippen LogP contribution < -0.4 is 0 Å². The van der Waals surface area contributed by atoms with Crippen molar-refractivity contribution in [3.63, 3.8) is 0 Å². The summed E-state index contributed by atoms with van der Waals surface area (Å²) in [5.74, 6) is -2.30. The van der Waals surface area contributed by atoms with E-state index in [1.807, 2.05) is 0 Å². The summed E-state index contributed by atoms with van der Waals surface area (Å²) in [6, 6.07) is 2.95. The first-order chi connectivity index (χ1) is 11.0. The molecule has 3 rings (SSSR count). The average Bonchev–Trinajstić information content (AvgIpc) is 2.91. The van der Waals surface area contributed by atoms with E-state index in [4.69, 9.17) is 4.74 Å². The number of ether oxygens (including phenoxy) is 1. The first-order valence-corrected chi connectivity index (χ1v) is 7.30. The summed E-state index contributed by atoms with van der Waals surface area (Å²) in [6.45, 7) is 1.76. The highest BCUT2D eigenvalue weighted by Gasteiger charge is 2.32. The Balaban J connectivity index is 2.22. The quantitative estimate of drug-likeness (QED) is 0.816. The van der Waals surface area contributed by atoms with Gasteiger partial charge in [0.25, 0.3) is 0 Å². The van der Waals surface area contributed by atoms with Crippen molar-refractivity contribution in [3.05, 3.63) is 46.8 Å². The Kier molecular flexibility index (Phi) is 3.94. The van der Waals surface area contributed by atoms with E-state index in [2.05, 4.69) is 5.10 Å². The molecule has 1 aromatic heterocycles. The lowest BCUT2D eigenvalue weighted by atomic mass is 9.94. The molecule has 0 aliphatic heterocycles. The Morgan fingerprint density at radius 2 is 2.13 bits per heavy atom. The van der Waals surface area contributed by atoms with Gasteiger partial charge in [-0.05, 0) is 31.9 Å². The van der Waals surface area contributed by atoms with Crippen LogP contribution >= 0.6 is 0 Å². The maximum Gasteiger partial charge on any atom is 0.359 e. The summed E-state index contributed by atoms with van der Waals surface area (Å²) >= 11 is 0. The van der Waals surface area contributed by atoms with Gasteiger partial charge in [0.2, 0.25) is 0 Å². The van der Waals surface area contributed by atoms with E-state index in [0.29, 0.717) is 18.5 Å². The van der Waals surface area contributed by atoms with E-state index in [1.54, 1.807) is 6.92 Å². The number of carbonyl (C=O) groups excluding carboxylic acids is 2. The number of benzene rings is 1. The molecular weight excluding hydrogens is 306 g/mol. The monoisotopic (exact) mass is 320 g/mol. The van der Waals surface area contributed by atoms with Gasteiger partial charge in [-0.2, -0.15) is 5.10 Å². The number of aromatic nitrogens is 2. The van der Waals surface area contributed by atoms with E-state index >= 15 is 0 Å². The predicted octanol–water partition coefficient (Wildman–Crippen LogP) is 2.85. The van der Waals surface area contributed by atoms with Crippen LogP contribution in [0.1, 0.15) is 46.3 Å². The Hall–Kier alpha value is -2.57. The van der Waals surface area contributed by atoms with Gasteiger partial charge in [0.1, 0.15) is 17.3 Å². The highest BCUT2D eigenvalue weighted by molar-refractivity contribution is 6.07. The second kappa shape index (κ2) is 5.91. The molecule has 5 nitrogen and oxygen atoms in total. The zero-order valence-electron chi connectivity index (χ0n) is 12.4. The standard InChI is InChI=1S/C16H14F2N2O3/c1-2-23-16(22)15-14-11(4-3-5-13(14)21)20(19-15)12-8-9(17)6-7-10(12)18/h6-8H,2-5H2,1H3. The van der Waals surface area contributed by atoms with Crippen molar-refractivity contribution in [1.82, 2.24) is 9.78 Å². The van der Waals surface area contributed by atoms with Gasteiger partial charge in [0.05, 0.1) is 17.9 Å². The third-order valence-corrected chi connectivity index (χ3v) is 3.68. The van der Waals surface area contributed by atoms with E-state index in [1.165, 1.54) is 0 Å². The Morgan fingerprint density at radius 1 is 1.35 bits per heavy atom. The molecule has 0 spiro atoms. The van der Waals surface area contributed by atoms with Crippen LogP contribution in [0.15, 0.2) is 18.2 Å². The highest BCUT2D eigenvalue weighted by atomic mass is 19.1. The molecule has 2 aromatic rings. The second-order valence-corrected chi connectivity index (χ2v) is 5.18. The first kappa shape index (κ1) is 15.3. The van der Waals surface area contributed by atoms with Crippen molar-refractivity contribution in [2.45, 2.75) is 26.2 Å². The number of ketones is 1. The number of hydrogen-bond acceptors (Lipinski definition) is 4. The molecule has 7 heteroatoms. The molecule has 0 fully saturated rings. The van der Waals surface area contributed by atoms with Gasteiger partial charge >= 0.3 is 5.97 Å². The third kappa shape index (κ3) is 2.62. The van der Waals surface area contributed by atoms with Crippen LogP contribution in [0.25, 0.3) is 5.69 Å². The third-order valence-electron chi connectivity index (χ3n) is 3.68. The van der Waals surface area contributed by atoms with E-state index in [0.717, 1.165) is 22.9 Å². The molecule has 0 bridgehead atoms. The molecule has 0 atom stereocenters. The molecule has 0 amide bonds. The fourth-order valence-corrected chi connectivity index (χ4v) is 2.71. The van der Waals surface area contributed by atoms with Gasteiger partial charge in [-0.1, -0.05) is 0 Å². The number of fused-ring (bicyclic) bond motifs is 1. The van der Waals surface area contributed by atoms with Crippen LogP contribution in [0.4, 0.5) is 8.78 Å². The van der Waals surface area contributed by atoms with Crippen molar-refractivity contribution in [2.75, 3.05) is 6.61 Å². The Labute approximate surface area is 130 Å². The fourth-order valence-electron chi connectivity index (χ4n) is 2.71. The van der Waals surface area contributed by atoms with Crippen LogP contribution in [0, 0.1) is 11.6 Å². The van der Waals surface area contributed by atoms with Crippen molar-refractivity contribution in [2.24, 2.45) is 0 Å². The number of nitrogens with zero attached hydrogens (tertiary/aromatic N) is 2. The average molecular weight is 320 g/mol. The summed E-state index contributed by atoms with van der Waals surface area (Å²) in [6.07, 6.45) is 1.30. The molecule has 23 heavy (non-hydrogen) atoms. The summed E-state index contributed by atoms with van der Waals surface area (Å²) in [5, 5.41) is 4.05. The van der Waals surface area contributed by atoms with Gasteiger partial charge in [0.15, 0.2) is 11.5 Å². The summed E-state index contributed by atoms with van der Waals surface area (Å²) in [7, 11) is 0. The smallest absolute Gasteiger partial charge is 0.359 e. The van der Waals surface area contributed by atoms with Gasteiger partial charge in [0, 0.05) is 12.5 Å². The number of carbonyl (C=O) groups is 2. The number of hydrogen-bond donors (Lipinski definition) is 0. The molecule has 1 heterocycles. The van der Waals surface area contributed by atoms with Gasteiger partial charge in [-0.25, -0.2) is 18.3 Å². The van der Waals surface area contributed by atoms with Crippen molar-refractivity contribution >= 4 is 11.8 Å². The number of rotatable bonds is 3. The molecule has 1 aliphatic rings. The molecule has 0 saturated carbocycles. The van der Waals surface area contributed by atoms with E-state index in [-0.39, 0.29) is 35.8 Å². The van der Waals surface area contributed by atoms with Crippen molar-refractivity contribution in [1.29, 1.82) is 0 Å². The van der Waals surface area contributed by atoms with Crippen LogP contribution in [0.3, 0.4) is 0 Å². The molecule has 1 aliphatic carbocycles. The van der Waals surface area contributed by atoms with Crippen LogP contribution in [-0.2, 0) is 11.2 Å². The molecule has 0 N–H and O–H groups in total. The lowest BCUT2D eigenvalue weighted by Gasteiger charge is -2.13. The minimum absolute atomic E-state index is 0.128. The van der Waals surface area contributed by atoms with Gasteiger partial charge in [-0.15, -0.1) is 0 Å². The molecule has 0 unspecified atom stereocenters. The van der Waals surface area contributed by atoms with Crippen LogP contribution in [-0.4, -0.2) is 28.1 Å². The molecule has 0 radical (unpaired) electrons. The fraction of sp³-hybridized carbons (Fsp3) is 0.312. The normalized spacial score (nSPS) is 13.8. The van der Waals surface area contributed by atoms with Crippen LogP contribution in [0.5, 0.6) is 0 Å². The van der Waals surface area contributed by atoms with Crippen molar-refractivity contribution in [3.8, 4) is 5.69 Å². The highest BCUT2D eigenvalue weighted by Crippen LogP contribution is 2.28. The second-order valence-electron chi connectivity index (χ2n) is 5.18. The minimum Gasteiger partial charge on any atom is -0.461 e. The maximum atomic E-state index is 14.1. The predicted molar refractivity (Wildman–Crippen MR) is 76.7 cm³/mol. The minimum atomic E-state index is -0.741. The summed E-state index contributed by atoms with van der Waals surface area (Å²) in [5.41, 5.74) is 0.286. The first-order valence-electron chi connectivity index (χ1n) is 7.30. The molecule has 0 saturated heterocycles. The molecule has 120 valence electrons.